The highest BCUT2D eigenvalue weighted by molar-refractivity contribution is 8.00. The van der Waals surface area contributed by atoms with Crippen molar-refractivity contribution in [2.45, 2.75) is 4.90 Å². The van der Waals surface area contributed by atoms with E-state index in [1.165, 1.54) is 11.8 Å². The lowest BCUT2D eigenvalue weighted by atomic mass is 10.3. The number of rotatable bonds is 7. The van der Waals surface area contributed by atoms with Crippen molar-refractivity contribution in [3.8, 4) is 5.75 Å². The van der Waals surface area contributed by atoms with Crippen molar-refractivity contribution in [2.75, 3.05) is 18.9 Å². The molecule has 2 rings (SSSR count). The van der Waals surface area contributed by atoms with Crippen LogP contribution in [0.15, 0.2) is 53.4 Å². The van der Waals surface area contributed by atoms with Gasteiger partial charge in [-0.2, -0.15) is 0 Å². The van der Waals surface area contributed by atoms with Gasteiger partial charge in [-0.3, -0.25) is 4.79 Å². The summed E-state index contributed by atoms with van der Waals surface area (Å²) in [5, 5.41) is 3.99. The summed E-state index contributed by atoms with van der Waals surface area (Å²) in [6.07, 6.45) is 0. The van der Waals surface area contributed by atoms with E-state index in [1.807, 2.05) is 30.3 Å². The van der Waals surface area contributed by atoms with Crippen LogP contribution in [0.25, 0.3) is 0 Å². The Hall–Kier alpha value is -1.36. The van der Waals surface area contributed by atoms with E-state index in [2.05, 4.69) is 5.32 Å². The molecule has 0 heterocycles. The van der Waals surface area contributed by atoms with Crippen molar-refractivity contribution in [1.29, 1.82) is 0 Å². The second-order valence-corrected chi connectivity index (χ2v) is 6.24. The van der Waals surface area contributed by atoms with Crippen molar-refractivity contribution in [2.24, 2.45) is 0 Å². The Labute approximate surface area is 144 Å². The van der Waals surface area contributed by atoms with Crippen molar-refractivity contribution < 1.29 is 9.53 Å². The van der Waals surface area contributed by atoms with Crippen LogP contribution in [-0.2, 0) is 4.79 Å². The summed E-state index contributed by atoms with van der Waals surface area (Å²) >= 11 is 13.3. The molecular formula is C16H15Cl2NO2S. The molecule has 0 fully saturated rings. The number of amides is 1. The van der Waals surface area contributed by atoms with Gasteiger partial charge in [0.15, 0.2) is 0 Å². The highest BCUT2D eigenvalue weighted by Gasteiger charge is 2.06. The van der Waals surface area contributed by atoms with E-state index in [0.717, 1.165) is 10.6 Å². The van der Waals surface area contributed by atoms with E-state index in [-0.39, 0.29) is 11.7 Å². The summed E-state index contributed by atoms with van der Waals surface area (Å²) in [6.45, 7) is 0.885. The molecule has 0 radical (unpaired) electrons. The fourth-order valence-corrected chi connectivity index (χ4v) is 2.98. The van der Waals surface area contributed by atoms with Crippen LogP contribution in [0.1, 0.15) is 0 Å². The lowest BCUT2D eigenvalue weighted by Crippen LogP contribution is -2.29. The smallest absolute Gasteiger partial charge is 0.230 e. The van der Waals surface area contributed by atoms with Crippen molar-refractivity contribution >= 4 is 40.9 Å². The number of thioether (sulfide) groups is 1. The van der Waals surface area contributed by atoms with Gasteiger partial charge >= 0.3 is 0 Å². The molecule has 2 aromatic carbocycles. The summed E-state index contributed by atoms with van der Waals surface area (Å²) in [5.74, 6) is 1.00. The number of nitrogens with one attached hydrogen (secondary N) is 1. The van der Waals surface area contributed by atoms with E-state index >= 15 is 0 Å². The normalized spacial score (nSPS) is 10.3. The summed E-state index contributed by atoms with van der Waals surface area (Å²) in [6, 6.07) is 14.7. The third kappa shape index (κ3) is 5.79. The van der Waals surface area contributed by atoms with E-state index in [1.54, 1.807) is 18.2 Å². The SMILES string of the molecule is O=C(CSc1cc(Cl)ccc1Cl)NCCOc1ccccc1. The first-order chi connectivity index (χ1) is 10.6. The number of para-hydroxylation sites is 1. The number of ether oxygens (including phenoxy) is 1. The van der Waals surface area contributed by atoms with Crippen molar-refractivity contribution in [1.82, 2.24) is 5.32 Å². The topological polar surface area (TPSA) is 38.3 Å². The number of carbonyl (C=O) groups excluding carboxylic acids is 1. The van der Waals surface area contributed by atoms with Gasteiger partial charge in [0.05, 0.1) is 17.3 Å². The Morgan fingerprint density at radius 1 is 1.14 bits per heavy atom. The Morgan fingerprint density at radius 2 is 1.91 bits per heavy atom. The second-order valence-electron chi connectivity index (χ2n) is 4.37. The zero-order valence-electron chi connectivity index (χ0n) is 11.7. The van der Waals surface area contributed by atoms with Crippen LogP contribution in [0.3, 0.4) is 0 Å². The third-order valence-electron chi connectivity index (χ3n) is 2.69. The fraction of sp³-hybridized carbons (Fsp3) is 0.188. The lowest BCUT2D eigenvalue weighted by molar-refractivity contribution is -0.118. The zero-order chi connectivity index (χ0) is 15.8. The third-order valence-corrected chi connectivity index (χ3v) is 4.42. The standard InChI is InChI=1S/C16H15Cl2NO2S/c17-12-6-7-14(18)15(10-12)22-11-16(20)19-8-9-21-13-4-2-1-3-5-13/h1-7,10H,8-9,11H2,(H,19,20). The molecular weight excluding hydrogens is 341 g/mol. The molecule has 2 aromatic rings. The van der Waals surface area contributed by atoms with Gasteiger partial charge < -0.3 is 10.1 Å². The van der Waals surface area contributed by atoms with Crippen LogP contribution in [0.4, 0.5) is 0 Å². The largest absolute Gasteiger partial charge is 0.492 e. The van der Waals surface area contributed by atoms with Crippen molar-refractivity contribution in [3.63, 3.8) is 0 Å². The number of halogens is 2. The maximum Gasteiger partial charge on any atom is 0.230 e. The first-order valence-electron chi connectivity index (χ1n) is 6.67. The van der Waals surface area contributed by atoms with Gasteiger partial charge in [-0.05, 0) is 30.3 Å². The van der Waals surface area contributed by atoms with Crippen LogP contribution in [0.5, 0.6) is 5.75 Å². The minimum absolute atomic E-state index is 0.0716. The number of carbonyl (C=O) groups is 1. The fourth-order valence-electron chi connectivity index (χ4n) is 1.66. The molecule has 0 aliphatic heterocycles. The molecule has 0 unspecified atom stereocenters. The van der Waals surface area contributed by atoms with Crippen molar-refractivity contribution in [3.05, 3.63) is 58.6 Å². The minimum Gasteiger partial charge on any atom is -0.492 e. The first-order valence-corrected chi connectivity index (χ1v) is 8.42. The highest BCUT2D eigenvalue weighted by atomic mass is 35.5. The molecule has 0 atom stereocenters. The predicted octanol–water partition coefficient (Wildman–Crippen LogP) is 4.28. The summed E-state index contributed by atoms with van der Waals surface area (Å²) in [4.78, 5) is 12.6. The Kier molecular flexibility index (Phi) is 6.90. The maximum absolute atomic E-state index is 11.8. The van der Waals surface area contributed by atoms with Crippen LogP contribution in [-0.4, -0.2) is 24.8 Å². The molecule has 1 amide bonds. The Morgan fingerprint density at radius 3 is 2.68 bits per heavy atom. The molecule has 6 heteroatoms. The average Bonchev–Trinajstić information content (AvgIpc) is 2.53. The van der Waals surface area contributed by atoms with Gasteiger partial charge in [0.25, 0.3) is 0 Å². The molecule has 0 saturated heterocycles. The molecule has 0 aliphatic carbocycles. The Bertz CT molecular complexity index is 623. The second kappa shape index (κ2) is 8.93. The molecule has 0 bridgehead atoms. The molecule has 22 heavy (non-hydrogen) atoms. The van der Waals surface area contributed by atoms with Gasteiger partial charge in [-0.1, -0.05) is 41.4 Å². The minimum atomic E-state index is -0.0716. The molecule has 116 valence electrons. The summed E-state index contributed by atoms with van der Waals surface area (Å²) in [5.41, 5.74) is 0. The van der Waals surface area contributed by atoms with Gasteiger partial charge in [-0.25, -0.2) is 0 Å². The van der Waals surface area contributed by atoms with Gasteiger partial charge in [0.1, 0.15) is 12.4 Å². The van der Waals surface area contributed by atoms with Gasteiger partial charge in [-0.15, -0.1) is 11.8 Å². The van der Waals surface area contributed by atoms with Crippen LogP contribution in [0.2, 0.25) is 10.0 Å². The molecule has 0 aromatic heterocycles. The zero-order valence-corrected chi connectivity index (χ0v) is 14.0. The molecule has 1 N–H and O–H groups in total. The van der Waals surface area contributed by atoms with Crippen LogP contribution >= 0.6 is 35.0 Å². The monoisotopic (exact) mass is 355 g/mol. The lowest BCUT2D eigenvalue weighted by Gasteiger charge is -2.08. The Balaban J connectivity index is 1.67. The maximum atomic E-state index is 11.8. The first kappa shape index (κ1) is 17.0. The van der Waals surface area contributed by atoms with Gasteiger partial charge in [0, 0.05) is 9.92 Å². The summed E-state index contributed by atoms with van der Waals surface area (Å²) in [7, 11) is 0. The van der Waals surface area contributed by atoms with E-state index in [9.17, 15) is 4.79 Å². The molecule has 3 nitrogen and oxygen atoms in total. The molecule has 0 saturated carbocycles. The molecule has 0 aliphatic rings. The number of hydrogen-bond donors (Lipinski definition) is 1. The van der Waals surface area contributed by atoms with Crippen LogP contribution < -0.4 is 10.1 Å². The van der Waals surface area contributed by atoms with E-state index < -0.39 is 0 Å². The van der Waals surface area contributed by atoms with E-state index in [0.29, 0.717) is 23.2 Å². The summed E-state index contributed by atoms with van der Waals surface area (Å²) < 4.78 is 5.49. The quantitative estimate of drug-likeness (QED) is 0.594. The highest BCUT2D eigenvalue weighted by Crippen LogP contribution is 2.29. The van der Waals surface area contributed by atoms with Crippen LogP contribution in [0, 0.1) is 0 Å². The average molecular weight is 356 g/mol. The van der Waals surface area contributed by atoms with Gasteiger partial charge in [0.2, 0.25) is 5.91 Å². The number of hydrogen-bond acceptors (Lipinski definition) is 3. The van der Waals surface area contributed by atoms with E-state index in [4.69, 9.17) is 27.9 Å². The number of benzene rings is 2. The predicted molar refractivity (Wildman–Crippen MR) is 92.1 cm³/mol. The molecule has 0 spiro atoms.